The maximum absolute atomic E-state index is 12.2. The molecule has 0 atom stereocenters. The van der Waals surface area contributed by atoms with E-state index in [1.165, 1.54) is 0 Å². The van der Waals surface area contributed by atoms with Gasteiger partial charge in [-0.3, -0.25) is 0 Å². The summed E-state index contributed by atoms with van der Waals surface area (Å²) in [6.07, 6.45) is 2.95. The van der Waals surface area contributed by atoms with Crippen molar-refractivity contribution in [2.75, 3.05) is 19.6 Å². The van der Waals surface area contributed by atoms with Crippen LogP contribution in [0.2, 0.25) is 0 Å². The molecule has 1 heterocycles. The van der Waals surface area contributed by atoms with E-state index in [0.29, 0.717) is 17.4 Å². The smallest absolute Gasteiger partial charge is 0.240 e. The van der Waals surface area contributed by atoms with Gasteiger partial charge in [-0.05, 0) is 36.6 Å². The van der Waals surface area contributed by atoms with Gasteiger partial charge in [0.2, 0.25) is 10.0 Å². The normalized spacial score (nSPS) is 16.2. The van der Waals surface area contributed by atoms with Crippen LogP contribution >= 0.6 is 0 Å². The second kappa shape index (κ2) is 6.52. The largest absolute Gasteiger partial charge is 0.313 e. The van der Waals surface area contributed by atoms with E-state index in [4.69, 9.17) is 0 Å². The highest BCUT2D eigenvalue weighted by molar-refractivity contribution is 7.89. The Hall–Kier alpha value is -1.17. The van der Waals surface area contributed by atoms with Gasteiger partial charge < -0.3 is 5.32 Å². The summed E-state index contributed by atoms with van der Waals surface area (Å²) in [5.74, 6) is 0.402. The summed E-state index contributed by atoms with van der Waals surface area (Å²) < 4.78 is 27.1. The highest BCUT2D eigenvalue weighted by atomic mass is 32.2. The van der Waals surface area contributed by atoms with E-state index < -0.39 is 10.0 Å². The molecule has 110 valence electrons. The van der Waals surface area contributed by atoms with Crippen molar-refractivity contribution in [1.82, 2.24) is 10.0 Å². The summed E-state index contributed by atoms with van der Waals surface area (Å²) in [7, 11) is -3.41. The number of hydrogen-bond acceptors (Lipinski definition) is 3. The van der Waals surface area contributed by atoms with Gasteiger partial charge in [-0.1, -0.05) is 37.6 Å². The minimum atomic E-state index is -3.41. The van der Waals surface area contributed by atoms with Crippen LogP contribution in [-0.4, -0.2) is 28.1 Å². The summed E-state index contributed by atoms with van der Waals surface area (Å²) in [4.78, 5) is 0.330. The molecule has 0 aromatic heterocycles. The predicted octanol–water partition coefficient (Wildman–Crippen LogP) is 2.01. The van der Waals surface area contributed by atoms with Gasteiger partial charge in [0.1, 0.15) is 0 Å². The fourth-order valence-electron chi connectivity index (χ4n) is 2.13. The van der Waals surface area contributed by atoms with Crippen molar-refractivity contribution in [3.05, 3.63) is 41.5 Å². The SMILES string of the molecule is CC(C)c1ccc(S(=O)(=O)NCC2=CCNCC2)cc1. The first kappa shape index (κ1) is 15.2. The van der Waals surface area contributed by atoms with Crippen LogP contribution in [0.25, 0.3) is 0 Å². The number of benzene rings is 1. The van der Waals surface area contributed by atoms with Gasteiger partial charge in [0.15, 0.2) is 0 Å². The van der Waals surface area contributed by atoms with Crippen molar-refractivity contribution < 1.29 is 8.42 Å². The van der Waals surface area contributed by atoms with Crippen LogP contribution in [0.4, 0.5) is 0 Å². The molecule has 0 radical (unpaired) electrons. The lowest BCUT2D eigenvalue weighted by Crippen LogP contribution is -2.29. The molecule has 20 heavy (non-hydrogen) atoms. The molecule has 0 saturated heterocycles. The molecule has 0 aliphatic carbocycles. The predicted molar refractivity (Wildman–Crippen MR) is 81.3 cm³/mol. The topological polar surface area (TPSA) is 58.2 Å². The summed E-state index contributed by atoms with van der Waals surface area (Å²) >= 11 is 0. The van der Waals surface area contributed by atoms with Gasteiger partial charge >= 0.3 is 0 Å². The molecule has 4 nitrogen and oxygen atoms in total. The molecule has 2 rings (SSSR count). The van der Waals surface area contributed by atoms with Crippen molar-refractivity contribution in [3.8, 4) is 0 Å². The Morgan fingerprint density at radius 2 is 1.95 bits per heavy atom. The first-order valence-corrected chi connectivity index (χ1v) is 8.45. The van der Waals surface area contributed by atoms with Crippen LogP contribution in [0.3, 0.4) is 0 Å². The molecule has 0 fully saturated rings. The second-order valence-electron chi connectivity index (χ2n) is 5.36. The summed E-state index contributed by atoms with van der Waals surface area (Å²) in [6.45, 7) is 6.31. The van der Waals surface area contributed by atoms with Crippen LogP contribution in [-0.2, 0) is 10.0 Å². The highest BCUT2D eigenvalue weighted by Crippen LogP contribution is 2.17. The average Bonchev–Trinajstić information content (AvgIpc) is 2.46. The standard InChI is InChI=1S/C15H22N2O2S/c1-12(2)14-3-5-15(6-4-14)20(18,19)17-11-13-7-9-16-10-8-13/h3-7,12,16-17H,8-11H2,1-2H3. The Balaban J connectivity index is 2.04. The molecule has 2 N–H and O–H groups in total. The average molecular weight is 294 g/mol. The minimum absolute atomic E-state index is 0.330. The van der Waals surface area contributed by atoms with Crippen LogP contribution in [0.15, 0.2) is 40.8 Å². The Morgan fingerprint density at radius 1 is 1.25 bits per heavy atom. The zero-order valence-electron chi connectivity index (χ0n) is 12.0. The van der Waals surface area contributed by atoms with Crippen LogP contribution < -0.4 is 10.0 Å². The number of nitrogens with one attached hydrogen (secondary N) is 2. The van der Waals surface area contributed by atoms with E-state index in [-0.39, 0.29) is 0 Å². The van der Waals surface area contributed by atoms with Crippen molar-refractivity contribution in [1.29, 1.82) is 0 Å². The summed E-state index contributed by atoms with van der Waals surface area (Å²) in [5.41, 5.74) is 2.29. The Bertz CT molecular complexity index is 574. The van der Waals surface area contributed by atoms with E-state index in [9.17, 15) is 8.42 Å². The van der Waals surface area contributed by atoms with Crippen LogP contribution in [0.1, 0.15) is 31.7 Å². The van der Waals surface area contributed by atoms with E-state index in [2.05, 4.69) is 23.9 Å². The number of hydrogen-bond donors (Lipinski definition) is 2. The molecular weight excluding hydrogens is 272 g/mol. The number of sulfonamides is 1. The van der Waals surface area contributed by atoms with Gasteiger partial charge in [0, 0.05) is 13.1 Å². The van der Waals surface area contributed by atoms with E-state index in [1.54, 1.807) is 12.1 Å². The first-order chi connectivity index (χ1) is 9.49. The first-order valence-electron chi connectivity index (χ1n) is 6.97. The minimum Gasteiger partial charge on any atom is -0.313 e. The van der Waals surface area contributed by atoms with Crippen LogP contribution in [0, 0.1) is 0 Å². The van der Waals surface area contributed by atoms with E-state index in [1.807, 2.05) is 18.2 Å². The zero-order chi connectivity index (χ0) is 14.6. The molecule has 1 aromatic rings. The zero-order valence-corrected chi connectivity index (χ0v) is 12.8. The fourth-order valence-corrected chi connectivity index (χ4v) is 3.17. The molecule has 1 aliphatic heterocycles. The third-order valence-electron chi connectivity index (χ3n) is 3.50. The van der Waals surface area contributed by atoms with E-state index in [0.717, 1.165) is 30.6 Å². The van der Waals surface area contributed by atoms with E-state index >= 15 is 0 Å². The monoisotopic (exact) mass is 294 g/mol. The lowest BCUT2D eigenvalue weighted by molar-refractivity contribution is 0.582. The Kier molecular flexibility index (Phi) is 4.96. The second-order valence-corrected chi connectivity index (χ2v) is 7.13. The van der Waals surface area contributed by atoms with Crippen molar-refractivity contribution in [3.63, 3.8) is 0 Å². The third kappa shape index (κ3) is 3.91. The van der Waals surface area contributed by atoms with Gasteiger partial charge in [0.05, 0.1) is 4.90 Å². The third-order valence-corrected chi connectivity index (χ3v) is 4.92. The van der Waals surface area contributed by atoms with Gasteiger partial charge in [-0.25, -0.2) is 13.1 Å². The molecule has 1 aliphatic rings. The molecular formula is C15H22N2O2S. The lowest BCUT2D eigenvalue weighted by Gasteiger charge is -2.15. The van der Waals surface area contributed by atoms with Crippen molar-refractivity contribution in [2.24, 2.45) is 0 Å². The maximum Gasteiger partial charge on any atom is 0.240 e. The summed E-state index contributed by atoms with van der Waals surface area (Å²) in [5, 5.41) is 3.21. The molecule has 0 unspecified atom stereocenters. The van der Waals surface area contributed by atoms with Crippen LogP contribution in [0.5, 0.6) is 0 Å². The van der Waals surface area contributed by atoms with Crippen molar-refractivity contribution in [2.45, 2.75) is 31.1 Å². The molecule has 0 saturated carbocycles. The van der Waals surface area contributed by atoms with Crippen molar-refractivity contribution >= 4 is 10.0 Å². The van der Waals surface area contributed by atoms with Gasteiger partial charge in [-0.2, -0.15) is 0 Å². The van der Waals surface area contributed by atoms with Gasteiger partial charge in [-0.15, -0.1) is 0 Å². The molecule has 5 heteroatoms. The quantitative estimate of drug-likeness (QED) is 0.817. The molecule has 0 spiro atoms. The fraction of sp³-hybridized carbons (Fsp3) is 0.467. The Morgan fingerprint density at radius 3 is 2.50 bits per heavy atom. The van der Waals surface area contributed by atoms with Gasteiger partial charge in [0.25, 0.3) is 0 Å². The highest BCUT2D eigenvalue weighted by Gasteiger charge is 2.15. The molecule has 0 bridgehead atoms. The molecule has 0 amide bonds. The maximum atomic E-state index is 12.2. The number of rotatable bonds is 5. The lowest BCUT2D eigenvalue weighted by atomic mass is 10.0. The molecule has 1 aromatic carbocycles. The summed E-state index contributed by atoms with van der Waals surface area (Å²) in [6, 6.07) is 7.11. The Labute approximate surface area is 121 Å².